The second-order valence-corrected chi connectivity index (χ2v) is 5.05. The van der Waals surface area contributed by atoms with Crippen molar-refractivity contribution < 1.29 is 0 Å². The van der Waals surface area contributed by atoms with Crippen LogP contribution >= 0.6 is 0 Å². The van der Waals surface area contributed by atoms with E-state index in [1.54, 1.807) is 0 Å². The lowest BCUT2D eigenvalue weighted by Gasteiger charge is -2.18. The van der Waals surface area contributed by atoms with Crippen LogP contribution < -0.4 is 4.90 Å². The van der Waals surface area contributed by atoms with Gasteiger partial charge in [-0.05, 0) is 37.0 Å². The van der Waals surface area contributed by atoms with Crippen molar-refractivity contribution in [3.8, 4) is 0 Å². The molecule has 19 heavy (non-hydrogen) atoms. The van der Waals surface area contributed by atoms with Crippen LogP contribution in [0.1, 0.15) is 24.8 Å². The van der Waals surface area contributed by atoms with E-state index in [9.17, 15) is 0 Å². The molecule has 0 aliphatic heterocycles. The summed E-state index contributed by atoms with van der Waals surface area (Å²) in [6.07, 6.45) is 5.05. The predicted octanol–water partition coefficient (Wildman–Crippen LogP) is 4.54. The highest BCUT2D eigenvalue weighted by Crippen LogP contribution is 2.12. The normalized spacial score (nSPS) is 10.4. The van der Waals surface area contributed by atoms with Gasteiger partial charge in [0.2, 0.25) is 0 Å². The molecule has 2 aromatic carbocycles. The molecule has 100 valence electrons. The van der Waals surface area contributed by atoms with Gasteiger partial charge in [0.1, 0.15) is 0 Å². The zero-order valence-corrected chi connectivity index (χ0v) is 11.8. The van der Waals surface area contributed by atoms with Gasteiger partial charge in [-0.1, -0.05) is 55.0 Å². The Morgan fingerprint density at radius 1 is 0.737 bits per heavy atom. The molecule has 1 heteroatoms. The lowest BCUT2D eigenvalue weighted by Crippen LogP contribution is -2.18. The van der Waals surface area contributed by atoms with Crippen molar-refractivity contribution in [3.05, 3.63) is 66.2 Å². The molecule has 0 radical (unpaired) electrons. The van der Waals surface area contributed by atoms with E-state index in [2.05, 4.69) is 72.6 Å². The summed E-state index contributed by atoms with van der Waals surface area (Å²) in [6.45, 7) is 1.14. The minimum Gasteiger partial charge on any atom is -0.375 e. The molecule has 2 rings (SSSR count). The first kappa shape index (κ1) is 13.7. The molecular formula is C18H23N. The summed E-state index contributed by atoms with van der Waals surface area (Å²) >= 11 is 0. The van der Waals surface area contributed by atoms with Gasteiger partial charge in [-0.25, -0.2) is 0 Å². The molecule has 0 aliphatic carbocycles. The van der Waals surface area contributed by atoms with E-state index in [-0.39, 0.29) is 0 Å². The fraction of sp³-hybridized carbons (Fsp3) is 0.333. The van der Waals surface area contributed by atoms with Gasteiger partial charge in [-0.2, -0.15) is 0 Å². The highest BCUT2D eigenvalue weighted by molar-refractivity contribution is 5.44. The van der Waals surface area contributed by atoms with Crippen LogP contribution in [-0.2, 0) is 6.42 Å². The van der Waals surface area contributed by atoms with Crippen LogP contribution in [0.15, 0.2) is 60.7 Å². The van der Waals surface area contributed by atoms with Gasteiger partial charge in [0, 0.05) is 19.3 Å². The maximum Gasteiger partial charge on any atom is 0.0363 e. The molecule has 0 spiro atoms. The summed E-state index contributed by atoms with van der Waals surface area (Å²) in [5.74, 6) is 0. The number of anilines is 1. The van der Waals surface area contributed by atoms with Crippen molar-refractivity contribution in [1.82, 2.24) is 0 Å². The third-order valence-corrected chi connectivity index (χ3v) is 3.50. The van der Waals surface area contributed by atoms with Crippen LogP contribution in [0, 0.1) is 0 Å². The third kappa shape index (κ3) is 4.78. The van der Waals surface area contributed by atoms with Crippen molar-refractivity contribution in [2.75, 3.05) is 18.5 Å². The number of hydrogen-bond acceptors (Lipinski definition) is 1. The molecule has 0 atom stereocenters. The summed E-state index contributed by atoms with van der Waals surface area (Å²) in [4.78, 5) is 2.34. The van der Waals surface area contributed by atoms with Gasteiger partial charge < -0.3 is 4.90 Å². The summed E-state index contributed by atoms with van der Waals surface area (Å²) < 4.78 is 0. The molecule has 0 heterocycles. The van der Waals surface area contributed by atoms with Gasteiger partial charge in [-0.3, -0.25) is 0 Å². The lowest BCUT2D eigenvalue weighted by molar-refractivity contribution is 0.671. The van der Waals surface area contributed by atoms with E-state index in [4.69, 9.17) is 0 Å². The van der Waals surface area contributed by atoms with Crippen LogP contribution in [0.5, 0.6) is 0 Å². The van der Waals surface area contributed by atoms with Crippen LogP contribution in [0.3, 0.4) is 0 Å². The highest BCUT2D eigenvalue weighted by Gasteiger charge is 1.99. The third-order valence-electron chi connectivity index (χ3n) is 3.50. The Hall–Kier alpha value is -1.76. The number of nitrogens with zero attached hydrogens (tertiary/aromatic N) is 1. The Labute approximate surface area is 116 Å². The predicted molar refractivity (Wildman–Crippen MR) is 83.7 cm³/mol. The summed E-state index contributed by atoms with van der Waals surface area (Å²) in [5.41, 5.74) is 2.77. The van der Waals surface area contributed by atoms with Gasteiger partial charge in [0.05, 0.1) is 0 Å². The lowest BCUT2D eigenvalue weighted by atomic mass is 10.1. The fourth-order valence-corrected chi connectivity index (χ4v) is 2.31. The Bertz CT molecular complexity index is 450. The zero-order valence-electron chi connectivity index (χ0n) is 11.8. The number of hydrogen-bond donors (Lipinski definition) is 0. The molecule has 0 amide bonds. The average molecular weight is 253 g/mol. The van der Waals surface area contributed by atoms with E-state index >= 15 is 0 Å². The smallest absolute Gasteiger partial charge is 0.0363 e. The standard InChI is InChI=1S/C18H23N/c1-19(18-14-8-3-9-15-18)16-10-4-7-13-17-11-5-2-6-12-17/h2-3,5-6,8-9,11-12,14-15H,4,7,10,13,16H2,1H3. The van der Waals surface area contributed by atoms with Crippen molar-refractivity contribution in [2.24, 2.45) is 0 Å². The minimum atomic E-state index is 1.14. The molecule has 0 N–H and O–H groups in total. The van der Waals surface area contributed by atoms with Gasteiger partial charge >= 0.3 is 0 Å². The monoisotopic (exact) mass is 253 g/mol. The van der Waals surface area contributed by atoms with Crippen molar-refractivity contribution >= 4 is 5.69 Å². The highest BCUT2D eigenvalue weighted by atomic mass is 15.1. The quantitative estimate of drug-likeness (QED) is 0.655. The second-order valence-electron chi connectivity index (χ2n) is 5.05. The first-order valence-corrected chi connectivity index (χ1v) is 7.16. The number of unbranched alkanes of at least 4 members (excludes halogenated alkanes) is 2. The molecular weight excluding hydrogens is 230 g/mol. The summed E-state index contributed by atoms with van der Waals surface area (Å²) in [5, 5.41) is 0. The summed E-state index contributed by atoms with van der Waals surface area (Å²) in [6, 6.07) is 21.4. The minimum absolute atomic E-state index is 1.14. The van der Waals surface area contributed by atoms with Crippen molar-refractivity contribution in [1.29, 1.82) is 0 Å². The van der Waals surface area contributed by atoms with Gasteiger partial charge in [-0.15, -0.1) is 0 Å². The molecule has 0 bridgehead atoms. The molecule has 1 nitrogen and oxygen atoms in total. The van der Waals surface area contributed by atoms with Gasteiger partial charge in [0.25, 0.3) is 0 Å². The maximum absolute atomic E-state index is 2.34. The molecule has 0 fully saturated rings. The van der Waals surface area contributed by atoms with E-state index < -0.39 is 0 Å². The van der Waals surface area contributed by atoms with E-state index in [0.717, 1.165) is 6.54 Å². The van der Waals surface area contributed by atoms with E-state index in [1.165, 1.54) is 36.9 Å². The topological polar surface area (TPSA) is 3.24 Å². The second kappa shape index (κ2) is 7.63. The number of para-hydroxylation sites is 1. The Morgan fingerprint density at radius 3 is 2.05 bits per heavy atom. The van der Waals surface area contributed by atoms with Crippen molar-refractivity contribution in [2.45, 2.75) is 25.7 Å². The first-order valence-electron chi connectivity index (χ1n) is 7.16. The maximum atomic E-state index is 2.34. The molecule has 0 unspecified atom stereocenters. The number of benzene rings is 2. The first-order chi connectivity index (χ1) is 9.36. The SMILES string of the molecule is CN(CCCCCc1ccccc1)c1ccccc1. The zero-order chi connectivity index (χ0) is 13.3. The van der Waals surface area contributed by atoms with Crippen LogP contribution in [0.4, 0.5) is 5.69 Å². The summed E-state index contributed by atoms with van der Waals surface area (Å²) in [7, 11) is 2.17. The number of rotatable bonds is 7. The Morgan fingerprint density at radius 2 is 1.37 bits per heavy atom. The van der Waals surface area contributed by atoms with Crippen molar-refractivity contribution in [3.63, 3.8) is 0 Å². The fourth-order valence-electron chi connectivity index (χ4n) is 2.31. The largest absolute Gasteiger partial charge is 0.375 e. The Kier molecular flexibility index (Phi) is 5.49. The molecule has 0 saturated carbocycles. The van der Waals surface area contributed by atoms with E-state index in [1.807, 2.05) is 0 Å². The van der Waals surface area contributed by atoms with Crippen LogP contribution in [0.2, 0.25) is 0 Å². The Balaban J connectivity index is 1.62. The van der Waals surface area contributed by atoms with Gasteiger partial charge in [0.15, 0.2) is 0 Å². The molecule has 0 aromatic heterocycles. The van der Waals surface area contributed by atoms with Crippen LogP contribution in [0.25, 0.3) is 0 Å². The number of aryl methyl sites for hydroxylation is 1. The molecule has 0 saturated heterocycles. The molecule has 2 aromatic rings. The molecule has 0 aliphatic rings. The average Bonchev–Trinajstić information content (AvgIpc) is 2.49. The van der Waals surface area contributed by atoms with Crippen LogP contribution in [-0.4, -0.2) is 13.6 Å². The van der Waals surface area contributed by atoms with E-state index in [0.29, 0.717) is 0 Å².